The molecule has 2 amide bonds. The van der Waals surface area contributed by atoms with Crippen molar-refractivity contribution in [3.8, 4) is 0 Å². The summed E-state index contributed by atoms with van der Waals surface area (Å²) in [5.74, 6) is -0.334. The van der Waals surface area contributed by atoms with Crippen molar-refractivity contribution in [2.75, 3.05) is 13.1 Å². The summed E-state index contributed by atoms with van der Waals surface area (Å²) in [5.41, 5.74) is 0. The minimum atomic E-state index is -0.242. The third kappa shape index (κ3) is 4.63. The van der Waals surface area contributed by atoms with Crippen LogP contribution in [0, 0.1) is 5.92 Å². The zero-order valence-corrected chi connectivity index (χ0v) is 9.08. The van der Waals surface area contributed by atoms with Crippen LogP contribution in [-0.4, -0.2) is 24.9 Å². The number of hydrogen-bond acceptors (Lipinski definition) is 2. The van der Waals surface area contributed by atoms with Crippen molar-refractivity contribution in [2.24, 2.45) is 5.92 Å². The Morgan fingerprint density at radius 1 is 1.13 bits per heavy atom. The smallest absolute Gasteiger partial charge is 0.223 e. The van der Waals surface area contributed by atoms with E-state index in [0.29, 0.717) is 13.1 Å². The number of carbonyl (C=O) groups excluding carboxylic acids is 2. The van der Waals surface area contributed by atoms with E-state index in [1.165, 1.54) is 0 Å². The fourth-order valence-corrected chi connectivity index (χ4v) is 1.43. The molecule has 15 heavy (non-hydrogen) atoms. The molecule has 0 bridgehead atoms. The Morgan fingerprint density at radius 3 is 2.40 bits per heavy atom. The molecule has 2 N–H and O–H groups in total. The van der Waals surface area contributed by atoms with Gasteiger partial charge in [0.1, 0.15) is 0 Å². The molecule has 0 aromatic heterocycles. The lowest BCUT2D eigenvalue weighted by molar-refractivity contribution is -0.129. The molecule has 4 heteroatoms. The van der Waals surface area contributed by atoms with Crippen LogP contribution in [0.4, 0.5) is 0 Å². The van der Waals surface area contributed by atoms with Gasteiger partial charge in [-0.15, -0.1) is 0 Å². The standard InChI is InChI=1S/C11H18N2O2/c1-9-8-10(14)12-6-4-2-3-5-7-13-11(9)15/h2-3,9H,4-8H2,1H3,(H,12,14)(H,13,15)/b3-2-/t9-/m0/s1. The van der Waals surface area contributed by atoms with Crippen molar-refractivity contribution in [1.29, 1.82) is 0 Å². The Labute approximate surface area is 90.1 Å². The lowest BCUT2D eigenvalue weighted by atomic mass is 10.1. The molecule has 1 atom stereocenters. The zero-order chi connectivity index (χ0) is 11.1. The van der Waals surface area contributed by atoms with E-state index < -0.39 is 0 Å². The molecule has 1 rings (SSSR count). The van der Waals surface area contributed by atoms with Gasteiger partial charge in [-0.05, 0) is 12.8 Å². The van der Waals surface area contributed by atoms with E-state index in [0.717, 1.165) is 12.8 Å². The first-order valence-electron chi connectivity index (χ1n) is 5.39. The largest absolute Gasteiger partial charge is 0.356 e. The van der Waals surface area contributed by atoms with Crippen molar-refractivity contribution in [2.45, 2.75) is 26.2 Å². The Morgan fingerprint density at radius 2 is 1.73 bits per heavy atom. The van der Waals surface area contributed by atoms with Gasteiger partial charge in [-0.1, -0.05) is 19.1 Å². The van der Waals surface area contributed by atoms with Crippen molar-refractivity contribution >= 4 is 11.8 Å². The highest BCUT2D eigenvalue weighted by Gasteiger charge is 2.16. The molecule has 1 aliphatic rings. The van der Waals surface area contributed by atoms with Gasteiger partial charge in [0.25, 0.3) is 0 Å². The number of amides is 2. The second-order valence-corrected chi connectivity index (χ2v) is 3.79. The van der Waals surface area contributed by atoms with Crippen LogP contribution in [0.5, 0.6) is 0 Å². The molecule has 0 saturated heterocycles. The zero-order valence-electron chi connectivity index (χ0n) is 9.08. The fourth-order valence-electron chi connectivity index (χ4n) is 1.43. The van der Waals surface area contributed by atoms with Gasteiger partial charge >= 0.3 is 0 Å². The van der Waals surface area contributed by atoms with Crippen molar-refractivity contribution in [3.05, 3.63) is 12.2 Å². The predicted molar refractivity (Wildman–Crippen MR) is 58.2 cm³/mol. The summed E-state index contributed by atoms with van der Waals surface area (Å²) in [6, 6.07) is 0. The van der Waals surface area contributed by atoms with Crippen LogP contribution in [0.1, 0.15) is 26.2 Å². The van der Waals surface area contributed by atoms with E-state index in [1.807, 2.05) is 12.2 Å². The van der Waals surface area contributed by atoms with Gasteiger partial charge in [0.15, 0.2) is 0 Å². The van der Waals surface area contributed by atoms with E-state index in [2.05, 4.69) is 10.6 Å². The summed E-state index contributed by atoms with van der Waals surface area (Å²) >= 11 is 0. The van der Waals surface area contributed by atoms with E-state index in [4.69, 9.17) is 0 Å². The number of carbonyl (C=O) groups is 2. The molecule has 0 aromatic carbocycles. The summed E-state index contributed by atoms with van der Waals surface area (Å²) in [5, 5.41) is 5.58. The maximum absolute atomic E-state index is 11.5. The summed E-state index contributed by atoms with van der Waals surface area (Å²) < 4.78 is 0. The molecule has 0 aliphatic carbocycles. The predicted octanol–water partition coefficient (Wildman–Crippen LogP) is 0.595. The van der Waals surface area contributed by atoms with E-state index >= 15 is 0 Å². The summed E-state index contributed by atoms with van der Waals surface area (Å²) in [6.45, 7) is 3.08. The maximum Gasteiger partial charge on any atom is 0.223 e. The molecule has 0 spiro atoms. The van der Waals surface area contributed by atoms with Gasteiger partial charge in [0.05, 0.1) is 0 Å². The molecule has 1 aliphatic heterocycles. The first-order chi connectivity index (χ1) is 7.20. The fraction of sp³-hybridized carbons (Fsp3) is 0.636. The highest BCUT2D eigenvalue weighted by Crippen LogP contribution is 2.02. The molecule has 84 valence electrons. The first-order valence-corrected chi connectivity index (χ1v) is 5.39. The number of hydrogen-bond donors (Lipinski definition) is 2. The first kappa shape index (κ1) is 11.8. The van der Waals surface area contributed by atoms with Crippen molar-refractivity contribution in [3.63, 3.8) is 0 Å². The molecule has 4 nitrogen and oxygen atoms in total. The van der Waals surface area contributed by atoms with E-state index in [1.54, 1.807) is 6.92 Å². The molecule has 0 fully saturated rings. The Bertz CT molecular complexity index is 261. The topological polar surface area (TPSA) is 58.2 Å². The lowest BCUT2D eigenvalue weighted by Crippen LogP contribution is -2.34. The van der Waals surface area contributed by atoms with Gasteiger partial charge < -0.3 is 10.6 Å². The van der Waals surface area contributed by atoms with Gasteiger partial charge in [-0.25, -0.2) is 0 Å². The second-order valence-electron chi connectivity index (χ2n) is 3.79. The van der Waals surface area contributed by atoms with E-state index in [9.17, 15) is 9.59 Å². The quantitative estimate of drug-likeness (QED) is 0.575. The Hall–Kier alpha value is -1.32. The summed E-state index contributed by atoms with van der Waals surface area (Å²) in [7, 11) is 0. The normalized spacial score (nSPS) is 26.9. The second kappa shape index (κ2) is 6.22. The van der Waals surface area contributed by atoms with Crippen molar-refractivity contribution < 1.29 is 9.59 Å². The van der Waals surface area contributed by atoms with Crippen LogP contribution < -0.4 is 10.6 Å². The van der Waals surface area contributed by atoms with Gasteiger partial charge in [-0.2, -0.15) is 0 Å². The third-order valence-electron chi connectivity index (χ3n) is 2.35. The molecule has 0 radical (unpaired) electrons. The SMILES string of the molecule is C[C@H]1CC(=O)NCC/C=C\CCNC1=O. The monoisotopic (exact) mass is 210 g/mol. The third-order valence-corrected chi connectivity index (χ3v) is 2.35. The molecule has 1 heterocycles. The number of nitrogens with one attached hydrogen (secondary N) is 2. The van der Waals surface area contributed by atoms with Crippen molar-refractivity contribution in [1.82, 2.24) is 10.6 Å². The van der Waals surface area contributed by atoms with Gasteiger partial charge in [-0.3, -0.25) is 9.59 Å². The minimum absolute atomic E-state index is 0.0425. The molecular weight excluding hydrogens is 192 g/mol. The van der Waals surface area contributed by atoms with E-state index in [-0.39, 0.29) is 24.2 Å². The average molecular weight is 210 g/mol. The average Bonchev–Trinajstić information content (AvgIpc) is 2.19. The molecular formula is C11H18N2O2. The van der Waals surface area contributed by atoms with Crippen LogP contribution in [0.2, 0.25) is 0 Å². The van der Waals surface area contributed by atoms with Crippen LogP contribution >= 0.6 is 0 Å². The Balaban J connectivity index is 2.50. The molecule has 0 unspecified atom stereocenters. The van der Waals surface area contributed by atoms with Gasteiger partial charge in [0.2, 0.25) is 11.8 Å². The summed E-state index contributed by atoms with van der Waals surface area (Å²) in [4.78, 5) is 22.8. The molecule has 0 saturated carbocycles. The Kier molecular flexibility index (Phi) is 4.87. The minimum Gasteiger partial charge on any atom is -0.356 e. The highest BCUT2D eigenvalue weighted by molar-refractivity contribution is 5.85. The van der Waals surface area contributed by atoms with Crippen LogP contribution in [0.15, 0.2) is 12.2 Å². The highest BCUT2D eigenvalue weighted by atomic mass is 16.2. The summed E-state index contributed by atoms with van der Waals surface area (Å²) in [6.07, 6.45) is 6.03. The molecule has 0 aromatic rings. The van der Waals surface area contributed by atoms with Crippen LogP contribution in [0.3, 0.4) is 0 Å². The van der Waals surface area contributed by atoms with Crippen LogP contribution in [-0.2, 0) is 9.59 Å². The van der Waals surface area contributed by atoms with Crippen LogP contribution in [0.25, 0.3) is 0 Å². The lowest BCUT2D eigenvalue weighted by Gasteiger charge is -2.12. The number of rotatable bonds is 0. The maximum atomic E-state index is 11.5. The van der Waals surface area contributed by atoms with Gasteiger partial charge in [0, 0.05) is 25.4 Å².